The Morgan fingerprint density at radius 3 is 2.84 bits per heavy atom. The van der Waals surface area contributed by atoms with Gasteiger partial charge < -0.3 is 5.32 Å². The van der Waals surface area contributed by atoms with Crippen LogP contribution in [0.25, 0.3) is 10.9 Å². The van der Waals surface area contributed by atoms with E-state index in [4.69, 9.17) is 11.6 Å². The Morgan fingerprint density at radius 1 is 1.26 bits per heavy atom. The van der Waals surface area contributed by atoms with E-state index < -0.39 is 10.8 Å². The molecule has 2 heterocycles. The van der Waals surface area contributed by atoms with E-state index in [-0.39, 0.29) is 0 Å². The van der Waals surface area contributed by atoms with Gasteiger partial charge in [0.25, 0.3) is 0 Å². The number of nitrogens with one attached hydrogen (secondary N) is 1. The minimum atomic E-state index is -0.623. The summed E-state index contributed by atoms with van der Waals surface area (Å²) >= 11 is 6.16. The number of hydrogen-bond donors (Lipinski definition) is 1. The molecule has 1 N–H and O–H groups in total. The Bertz CT molecular complexity index is 622. The van der Waals surface area contributed by atoms with E-state index in [9.17, 15) is 4.21 Å². The fourth-order valence-corrected chi connectivity index (χ4v) is 3.93. The Labute approximate surface area is 119 Å². The standard InChI is InChI=1S/C14H15ClN2OS/c15-12-3-4-13(11-2-1-7-16-14(11)12)17-10-5-8-19(18)9-6-10/h1-4,7,10,17H,5-6,8-9H2. The van der Waals surface area contributed by atoms with Crippen LogP contribution in [-0.2, 0) is 10.8 Å². The number of pyridine rings is 1. The highest BCUT2D eigenvalue weighted by Gasteiger charge is 2.18. The molecule has 0 radical (unpaired) electrons. The lowest BCUT2D eigenvalue weighted by Crippen LogP contribution is -2.29. The Balaban J connectivity index is 1.89. The van der Waals surface area contributed by atoms with Crippen molar-refractivity contribution in [3.05, 3.63) is 35.5 Å². The van der Waals surface area contributed by atoms with Crippen molar-refractivity contribution in [2.75, 3.05) is 16.8 Å². The molecule has 0 aliphatic carbocycles. The molecular weight excluding hydrogens is 280 g/mol. The number of benzene rings is 1. The van der Waals surface area contributed by atoms with E-state index in [1.54, 1.807) is 6.20 Å². The average molecular weight is 295 g/mol. The van der Waals surface area contributed by atoms with E-state index in [1.807, 2.05) is 24.3 Å². The Kier molecular flexibility index (Phi) is 3.71. The zero-order valence-electron chi connectivity index (χ0n) is 10.4. The molecule has 1 aliphatic heterocycles. The number of aromatic nitrogens is 1. The van der Waals surface area contributed by atoms with Gasteiger partial charge in [-0.1, -0.05) is 11.6 Å². The molecule has 3 nitrogen and oxygen atoms in total. The molecule has 0 amide bonds. The number of halogens is 1. The van der Waals surface area contributed by atoms with E-state index in [2.05, 4.69) is 10.3 Å². The van der Waals surface area contributed by atoms with E-state index in [1.165, 1.54) is 0 Å². The molecule has 19 heavy (non-hydrogen) atoms. The second kappa shape index (κ2) is 5.47. The van der Waals surface area contributed by atoms with Gasteiger partial charge in [-0.05, 0) is 37.1 Å². The Morgan fingerprint density at radius 2 is 2.05 bits per heavy atom. The van der Waals surface area contributed by atoms with Crippen LogP contribution in [0.3, 0.4) is 0 Å². The summed E-state index contributed by atoms with van der Waals surface area (Å²) in [6.45, 7) is 0. The third kappa shape index (κ3) is 2.74. The molecule has 1 saturated heterocycles. The zero-order chi connectivity index (χ0) is 13.2. The van der Waals surface area contributed by atoms with Crippen molar-refractivity contribution < 1.29 is 4.21 Å². The number of fused-ring (bicyclic) bond motifs is 1. The van der Waals surface area contributed by atoms with Crippen molar-refractivity contribution in [1.82, 2.24) is 4.98 Å². The summed E-state index contributed by atoms with van der Waals surface area (Å²) < 4.78 is 11.4. The molecule has 3 rings (SSSR count). The van der Waals surface area contributed by atoms with Crippen molar-refractivity contribution in [2.24, 2.45) is 0 Å². The molecule has 1 aromatic heterocycles. The fraction of sp³-hybridized carbons (Fsp3) is 0.357. The van der Waals surface area contributed by atoms with Crippen LogP contribution in [0.5, 0.6) is 0 Å². The summed E-state index contributed by atoms with van der Waals surface area (Å²) in [4.78, 5) is 4.33. The summed E-state index contributed by atoms with van der Waals surface area (Å²) in [6.07, 6.45) is 3.66. The van der Waals surface area contributed by atoms with Crippen LogP contribution in [0.4, 0.5) is 5.69 Å². The molecule has 5 heteroatoms. The maximum atomic E-state index is 11.4. The summed E-state index contributed by atoms with van der Waals surface area (Å²) in [5, 5.41) is 5.25. The number of nitrogens with zero attached hydrogens (tertiary/aromatic N) is 1. The van der Waals surface area contributed by atoms with Crippen molar-refractivity contribution in [3.63, 3.8) is 0 Å². The van der Waals surface area contributed by atoms with Crippen LogP contribution >= 0.6 is 11.6 Å². The van der Waals surface area contributed by atoms with Gasteiger partial charge in [0.1, 0.15) is 0 Å². The molecule has 0 unspecified atom stereocenters. The number of rotatable bonds is 2. The first kappa shape index (κ1) is 12.9. The second-order valence-corrected chi connectivity index (χ2v) is 6.86. The van der Waals surface area contributed by atoms with Crippen LogP contribution in [0.2, 0.25) is 5.02 Å². The van der Waals surface area contributed by atoms with E-state index in [0.29, 0.717) is 11.1 Å². The minimum Gasteiger partial charge on any atom is -0.382 e. The summed E-state index contributed by atoms with van der Waals surface area (Å²) in [7, 11) is -0.623. The Hall–Kier alpha value is -1.13. The topological polar surface area (TPSA) is 42.0 Å². The van der Waals surface area contributed by atoms with Crippen molar-refractivity contribution in [2.45, 2.75) is 18.9 Å². The maximum absolute atomic E-state index is 11.4. The first-order valence-corrected chi connectivity index (χ1v) is 8.25. The average Bonchev–Trinajstić information content (AvgIpc) is 2.45. The van der Waals surface area contributed by atoms with Crippen molar-refractivity contribution in [3.8, 4) is 0 Å². The third-order valence-corrected chi connectivity index (χ3v) is 5.16. The van der Waals surface area contributed by atoms with Crippen LogP contribution in [0.15, 0.2) is 30.5 Å². The monoisotopic (exact) mass is 294 g/mol. The molecule has 0 saturated carbocycles. The van der Waals surface area contributed by atoms with Gasteiger partial charge in [-0.3, -0.25) is 9.19 Å². The van der Waals surface area contributed by atoms with Crippen LogP contribution < -0.4 is 5.32 Å². The first-order chi connectivity index (χ1) is 9.24. The molecular formula is C14H15ClN2OS. The van der Waals surface area contributed by atoms with Gasteiger partial charge in [0, 0.05) is 45.6 Å². The van der Waals surface area contributed by atoms with Gasteiger partial charge >= 0.3 is 0 Å². The lowest BCUT2D eigenvalue weighted by Gasteiger charge is -2.24. The lowest BCUT2D eigenvalue weighted by atomic mass is 10.1. The smallest absolute Gasteiger partial charge is 0.0908 e. The van der Waals surface area contributed by atoms with Crippen LogP contribution in [0, 0.1) is 0 Å². The SMILES string of the molecule is O=S1CCC(Nc2ccc(Cl)c3ncccc23)CC1. The van der Waals surface area contributed by atoms with Gasteiger partial charge in [-0.2, -0.15) is 0 Å². The van der Waals surface area contributed by atoms with Crippen LogP contribution in [-0.4, -0.2) is 26.7 Å². The summed E-state index contributed by atoms with van der Waals surface area (Å²) in [5.41, 5.74) is 1.89. The first-order valence-electron chi connectivity index (χ1n) is 6.39. The van der Waals surface area contributed by atoms with Gasteiger partial charge in [-0.15, -0.1) is 0 Å². The predicted octanol–water partition coefficient (Wildman–Crippen LogP) is 3.21. The minimum absolute atomic E-state index is 0.391. The molecule has 0 atom stereocenters. The van der Waals surface area contributed by atoms with Gasteiger partial charge in [0.05, 0.1) is 10.5 Å². The molecule has 1 fully saturated rings. The number of anilines is 1. The van der Waals surface area contributed by atoms with Gasteiger partial charge in [-0.25, -0.2) is 0 Å². The van der Waals surface area contributed by atoms with Gasteiger partial charge in [0.2, 0.25) is 0 Å². The molecule has 1 aliphatic rings. The molecule has 0 spiro atoms. The van der Waals surface area contributed by atoms with Crippen LogP contribution in [0.1, 0.15) is 12.8 Å². The quantitative estimate of drug-likeness (QED) is 0.925. The highest BCUT2D eigenvalue weighted by Crippen LogP contribution is 2.29. The van der Waals surface area contributed by atoms with Crippen molar-refractivity contribution >= 4 is 39.0 Å². The lowest BCUT2D eigenvalue weighted by molar-refractivity contribution is 0.624. The highest BCUT2D eigenvalue weighted by atomic mass is 35.5. The summed E-state index contributed by atoms with van der Waals surface area (Å²) in [5.74, 6) is 1.59. The van der Waals surface area contributed by atoms with Crippen molar-refractivity contribution in [1.29, 1.82) is 0 Å². The normalized spacial score (nSPS) is 23.4. The molecule has 2 aromatic rings. The fourth-order valence-electron chi connectivity index (χ4n) is 2.42. The molecule has 100 valence electrons. The summed E-state index contributed by atoms with van der Waals surface area (Å²) in [6, 6.07) is 8.21. The zero-order valence-corrected chi connectivity index (χ0v) is 12.0. The largest absolute Gasteiger partial charge is 0.382 e. The van der Waals surface area contributed by atoms with E-state index in [0.717, 1.165) is 40.9 Å². The highest BCUT2D eigenvalue weighted by molar-refractivity contribution is 7.85. The van der Waals surface area contributed by atoms with Gasteiger partial charge in [0.15, 0.2) is 0 Å². The predicted molar refractivity (Wildman–Crippen MR) is 81.3 cm³/mol. The second-order valence-electron chi connectivity index (χ2n) is 4.76. The number of hydrogen-bond acceptors (Lipinski definition) is 3. The molecule has 1 aromatic carbocycles. The van der Waals surface area contributed by atoms with E-state index >= 15 is 0 Å². The maximum Gasteiger partial charge on any atom is 0.0908 e. The third-order valence-electron chi connectivity index (χ3n) is 3.47. The molecule has 0 bridgehead atoms.